The van der Waals surface area contributed by atoms with Crippen LogP contribution in [0, 0.1) is 0 Å². The van der Waals surface area contributed by atoms with Crippen molar-refractivity contribution in [3.8, 4) is 0 Å². The lowest BCUT2D eigenvalue weighted by Crippen LogP contribution is -2.01. The van der Waals surface area contributed by atoms with Crippen LogP contribution in [0.25, 0.3) is 0 Å². The molecule has 1 aromatic rings. The molecule has 0 aliphatic heterocycles. The topological polar surface area (TPSA) is 43.8 Å². The Labute approximate surface area is 86.3 Å². The molecular weight excluding hydrogens is 174 g/mol. The van der Waals surface area contributed by atoms with E-state index in [4.69, 9.17) is 5.73 Å². The van der Waals surface area contributed by atoms with Gasteiger partial charge in [-0.1, -0.05) is 26.2 Å². The molecule has 0 atom stereocenters. The van der Waals surface area contributed by atoms with Gasteiger partial charge in [-0.2, -0.15) is 0 Å². The SMILES string of the molecule is CCCCCCc1ncn(CC)c1N. The zero-order valence-corrected chi connectivity index (χ0v) is 9.29. The maximum absolute atomic E-state index is 5.93. The minimum atomic E-state index is 0.851. The molecule has 0 amide bonds. The fourth-order valence-electron chi connectivity index (χ4n) is 1.60. The fourth-order valence-corrected chi connectivity index (χ4v) is 1.60. The van der Waals surface area contributed by atoms with Gasteiger partial charge < -0.3 is 10.3 Å². The number of hydrogen-bond donors (Lipinski definition) is 1. The van der Waals surface area contributed by atoms with Gasteiger partial charge in [0.25, 0.3) is 0 Å². The number of anilines is 1. The van der Waals surface area contributed by atoms with Crippen LogP contribution in [0.2, 0.25) is 0 Å². The summed E-state index contributed by atoms with van der Waals surface area (Å²) in [4.78, 5) is 4.32. The van der Waals surface area contributed by atoms with Crippen molar-refractivity contribution in [2.75, 3.05) is 5.73 Å². The van der Waals surface area contributed by atoms with Crippen molar-refractivity contribution in [2.24, 2.45) is 0 Å². The summed E-state index contributed by atoms with van der Waals surface area (Å²) >= 11 is 0. The molecule has 0 aliphatic rings. The second-order valence-corrected chi connectivity index (χ2v) is 3.67. The molecule has 0 fully saturated rings. The first kappa shape index (κ1) is 11.1. The first-order valence-corrected chi connectivity index (χ1v) is 5.59. The van der Waals surface area contributed by atoms with E-state index in [1.807, 2.05) is 10.9 Å². The summed E-state index contributed by atoms with van der Waals surface area (Å²) in [6, 6.07) is 0. The van der Waals surface area contributed by atoms with Crippen molar-refractivity contribution >= 4 is 5.82 Å². The van der Waals surface area contributed by atoms with E-state index < -0.39 is 0 Å². The van der Waals surface area contributed by atoms with Crippen molar-refractivity contribution in [3.05, 3.63) is 12.0 Å². The molecule has 0 saturated carbocycles. The number of unbranched alkanes of at least 4 members (excludes halogenated alkanes) is 3. The quantitative estimate of drug-likeness (QED) is 0.709. The van der Waals surface area contributed by atoms with Gasteiger partial charge in [0, 0.05) is 6.54 Å². The summed E-state index contributed by atoms with van der Waals surface area (Å²) in [7, 11) is 0. The largest absolute Gasteiger partial charge is 0.384 e. The molecule has 3 nitrogen and oxygen atoms in total. The van der Waals surface area contributed by atoms with E-state index in [0.29, 0.717) is 0 Å². The van der Waals surface area contributed by atoms with E-state index in [0.717, 1.165) is 24.5 Å². The Hall–Kier alpha value is -0.990. The number of rotatable bonds is 6. The maximum Gasteiger partial charge on any atom is 0.126 e. The maximum atomic E-state index is 5.93. The second kappa shape index (κ2) is 5.68. The number of nitrogens with two attached hydrogens (primary N) is 1. The first-order valence-electron chi connectivity index (χ1n) is 5.59. The zero-order valence-electron chi connectivity index (χ0n) is 9.29. The Bertz CT molecular complexity index is 265. The van der Waals surface area contributed by atoms with Crippen molar-refractivity contribution in [3.63, 3.8) is 0 Å². The number of aryl methyl sites for hydroxylation is 2. The summed E-state index contributed by atoms with van der Waals surface area (Å²) in [6.45, 7) is 5.22. The molecule has 0 aliphatic carbocycles. The summed E-state index contributed by atoms with van der Waals surface area (Å²) < 4.78 is 2.00. The van der Waals surface area contributed by atoms with Gasteiger partial charge in [0.05, 0.1) is 12.0 Å². The predicted octanol–water partition coefficient (Wildman–Crippen LogP) is 2.61. The van der Waals surface area contributed by atoms with Crippen LogP contribution in [-0.4, -0.2) is 9.55 Å². The third-order valence-electron chi connectivity index (χ3n) is 2.57. The highest BCUT2D eigenvalue weighted by molar-refractivity contribution is 5.35. The molecule has 2 N–H and O–H groups in total. The van der Waals surface area contributed by atoms with Crippen LogP contribution in [0.4, 0.5) is 5.82 Å². The molecule has 0 unspecified atom stereocenters. The minimum absolute atomic E-state index is 0.851. The van der Waals surface area contributed by atoms with E-state index in [1.54, 1.807) is 0 Å². The van der Waals surface area contributed by atoms with Crippen molar-refractivity contribution < 1.29 is 0 Å². The van der Waals surface area contributed by atoms with Gasteiger partial charge >= 0.3 is 0 Å². The average Bonchev–Trinajstić information content (AvgIpc) is 2.55. The van der Waals surface area contributed by atoms with Crippen LogP contribution in [0.3, 0.4) is 0 Å². The minimum Gasteiger partial charge on any atom is -0.384 e. The molecule has 1 rings (SSSR count). The Morgan fingerprint density at radius 1 is 1.29 bits per heavy atom. The van der Waals surface area contributed by atoms with Gasteiger partial charge in [-0.3, -0.25) is 0 Å². The van der Waals surface area contributed by atoms with Gasteiger partial charge in [-0.25, -0.2) is 4.98 Å². The summed E-state index contributed by atoms with van der Waals surface area (Å²) in [5.74, 6) is 0.851. The highest BCUT2D eigenvalue weighted by Crippen LogP contribution is 2.13. The lowest BCUT2D eigenvalue weighted by atomic mass is 10.1. The summed E-state index contributed by atoms with van der Waals surface area (Å²) in [5.41, 5.74) is 7.00. The number of nitrogens with zero attached hydrogens (tertiary/aromatic N) is 2. The molecule has 0 saturated heterocycles. The Balaban J connectivity index is 2.39. The van der Waals surface area contributed by atoms with Crippen LogP contribution >= 0.6 is 0 Å². The smallest absolute Gasteiger partial charge is 0.126 e. The Morgan fingerprint density at radius 2 is 2.07 bits per heavy atom. The van der Waals surface area contributed by atoms with Crippen molar-refractivity contribution in [1.29, 1.82) is 0 Å². The van der Waals surface area contributed by atoms with Crippen LogP contribution in [0.1, 0.15) is 45.2 Å². The monoisotopic (exact) mass is 195 g/mol. The molecule has 0 aromatic carbocycles. The molecule has 0 bridgehead atoms. The van der Waals surface area contributed by atoms with E-state index >= 15 is 0 Å². The van der Waals surface area contributed by atoms with Gasteiger partial charge in [-0.05, 0) is 19.8 Å². The number of imidazole rings is 1. The van der Waals surface area contributed by atoms with Crippen LogP contribution in [0.15, 0.2) is 6.33 Å². The van der Waals surface area contributed by atoms with E-state index in [9.17, 15) is 0 Å². The predicted molar refractivity (Wildman–Crippen MR) is 60.2 cm³/mol. The van der Waals surface area contributed by atoms with Crippen LogP contribution in [0.5, 0.6) is 0 Å². The fraction of sp³-hybridized carbons (Fsp3) is 0.727. The zero-order chi connectivity index (χ0) is 10.4. The third kappa shape index (κ3) is 2.76. The molecule has 3 heteroatoms. The number of nitrogen functional groups attached to an aromatic ring is 1. The molecule has 14 heavy (non-hydrogen) atoms. The Kier molecular flexibility index (Phi) is 4.50. The number of hydrogen-bond acceptors (Lipinski definition) is 2. The average molecular weight is 195 g/mol. The van der Waals surface area contributed by atoms with Gasteiger partial charge in [0.2, 0.25) is 0 Å². The lowest BCUT2D eigenvalue weighted by molar-refractivity contribution is 0.662. The summed E-state index contributed by atoms with van der Waals surface area (Å²) in [6.07, 6.45) is 7.95. The van der Waals surface area contributed by atoms with Gasteiger partial charge in [-0.15, -0.1) is 0 Å². The summed E-state index contributed by atoms with van der Waals surface area (Å²) in [5, 5.41) is 0. The highest BCUT2D eigenvalue weighted by Gasteiger charge is 2.05. The molecular formula is C11H21N3. The van der Waals surface area contributed by atoms with Gasteiger partial charge in [0.1, 0.15) is 5.82 Å². The normalized spacial score (nSPS) is 10.7. The molecule has 0 radical (unpaired) electrons. The van der Waals surface area contributed by atoms with E-state index in [1.165, 1.54) is 25.7 Å². The van der Waals surface area contributed by atoms with Crippen molar-refractivity contribution in [2.45, 2.75) is 52.5 Å². The van der Waals surface area contributed by atoms with Gasteiger partial charge in [0.15, 0.2) is 0 Å². The van der Waals surface area contributed by atoms with Crippen molar-refractivity contribution in [1.82, 2.24) is 9.55 Å². The highest BCUT2D eigenvalue weighted by atomic mass is 15.1. The molecule has 1 aromatic heterocycles. The molecule has 80 valence electrons. The van der Waals surface area contributed by atoms with Crippen LogP contribution < -0.4 is 5.73 Å². The number of aromatic nitrogens is 2. The lowest BCUT2D eigenvalue weighted by Gasteiger charge is -2.01. The standard InChI is InChI=1S/C11H21N3/c1-3-5-6-7-8-10-11(12)14(4-2)9-13-10/h9H,3-8,12H2,1-2H3. The second-order valence-electron chi connectivity index (χ2n) is 3.67. The first-order chi connectivity index (χ1) is 6.79. The third-order valence-corrected chi connectivity index (χ3v) is 2.57. The molecule has 1 heterocycles. The molecule has 0 spiro atoms. The van der Waals surface area contributed by atoms with E-state index in [2.05, 4.69) is 18.8 Å². The Morgan fingerprint density at radius 3 is 2.64 bits per heavy atom. The van der Waals surface area contributed by atoms with Crippen LogP contribution in [-0.2, 0) is 13.0 Å². The van der Waals surface area contributed by atoms with E-state index in [-0.39, 0.29) is 0 Å².